The van der Waals surface area contributed by atoms with Crippen LogP contribution in [0.25, 0.3) is 100 Å². The Kier molecular flexibility index (Phi) is 14.2. The first-order chi connectivity index (χ1) is 40.4. The van der Waals surface area contributed by atoms with Gasteiger partial charge in [0.2, 0.25) is 0 Å². The molecule has 12 aromatic carbocycles. The van der Waals surface area contributed by atoms with Crippen molar-refractivity contribution >= 4 is 23.6 Å². The highest BCUT2D eigenvalue weighted by molar-refractivity contribution is 7.13. The summed E-state index contributed by atoms with van der Waals surface area (Å²) in [5, 5.41) is 4.06. The Balaban J connectivity index is 1.32. The van der Waals surface area contributed by atoms with Crippen LogP contribution in [0.5, 0.6) is 0 Å². The van der Waals surface area contributed by atoms with Gasteiger partial charge in [0.05, 0.1) is 0 Å². The first kappa shape index (κ1) is 51.8. The third kappa shape index (κ3) is 9.33. The molecule has 0 aliphatic heterocycles. The van der Waals surface area contributed by atoms with E-state index < -0.39 is 8.07 Å². The molecular weight excluding hydrogens is 1000 g/mol. The molecule has 0 radical (unpaired) electrons. The number of benzene rings is 12. The Bertz CT molecular complexity index is 3670. The van der Waals surface area contributed by atoms with Crippen LogP contribution in [0.2, 0.25) is 5.54 Å². The zero-order valence-electron chi connectivity index (χ0n) is 47.0. The average molecular weight is 1070 g/mol. The average Bonchev–Trinajstić information content (AvgIpc) is 3.91. The van der Waals surface area contributed by atoms with Crippen molar-refractivity contribution in [2.24, 2.45) is 0 Å². The lowest BCUT2D eigenvalue weighted by Crippen LogP contribution is -2.70. The van der Waals surface area contributed by atoms with E-state index in [1.807, 2.05) is 0 Å². The summed E-state index contributed by atoms with van der Waals surface area (Å²) in [4.78, 5) is 0. The lowest BCUT2D eigenvalue weighted by atomic mass is 9.87. The van der Waals surface area contributed by atoms with Gasteiger partial charge in [-0.3, -0.25) is 0 Å². The molecule has 0 saturated carbocycles. The fraction of sp³-hybridized carbons (Fsp3) is 0.0617. The molecule has 82 heavy (non-hydrogen) atoms. The van der Waals surface area contributed by atoms with Crippen LogP contribution in [0.15, 0.2) is 332 Å². The van der Waals surface area contributed by atoms with E-state index in [-0.39, 0.29) is 5.54 Å². The Morgan fingerprint density at radius 1 is 0.207 bits per heavy atom. The van der Waals surface area contributed by atoms with E-state index >= 15 is 0 Å². The summed E-state index contributed by atoms with van der Waals surface area (Å²) in [5.41, 5.74) is 27.3. The molecule has 0 aromatic heterocycles. The molecule has 0 atom stereocenters. The number of allylic oxidation sites excluding steroid dienone is 4. The van der Waals surface area contributed by atoms with Crippen LogP contribution in [0.3, 0.4) is 0 Å². The topological polar surface area (TPSA) is 0 Å². The molecule has 0 nitrogen and oxygen atoms in total. The summed E-state index contributed by atoms with van der Waals surface area (Å²) in [7, 11) is -3.67. The predicted octanol–water partition coefficient (Wildman–Crippen LogP) is 20.2. The van der Waals surface area contributed by atoms with Crippen LogP contribution in [0.1, 0.15) is 27.7 Å². The number of rotatable bonds is 13. The van der Waals surface area contributed by atoms with Gasteiger partial charge in [0.1, 0.15) is 0 Å². The molecule has 12 aromatic rings. The second-order valence-electron chi connectivity index (χ2n) is 22.0. The molecule has 0 fully saturated rings. The Labute approximate surface area is 485 Å². The fourth-order valence-electron chi connectivity index (χ4n) is 13.4. The van der Waals surface area contributed by atoms with Gasteiger partial charge in [-0.05, 0) is 155 Å². The van der Waals surface area contributed by atoms with Crippen molar-refractivity contribution in [3.63, 3.8) is 0 Å². The Morgan fingerprint density at radius 2 is 0.366 bits per heavy atom. The summed E-state index contributed by atoms with van der Waals surface area (Å²) in [6.45, 7) is 9.67. The largest absolute Gasteiger partial charge is 0.159 e. The first-order valence-electron chi connectivity index (χ1n) is 28.8. The summed E-state index contributed by atoms with van der Waals surface area (Å²) in [6.07, 6.45) is 0. The van der Waals surface area contributed by atoms with Gasteiger partial charge < -0.3 is 0 Å². The number of hydrogen-bond acceptors (Lipinski definition) is 0. The first-order valence-corrected chi connectivity index (χ1v) is 30.9. The van der Waals surface area contributed by atoms with Crippen molar-refractivity contribution < 1.29 is 0 Å². The van der Waals surface area contributed by atoms with Crippen molar-refractivity contribution in [2.75, 3.05) is 0 Å². The fourth-order valence-corrected chi connectivity index (χ4v) is 19.4. The van der Waals surface area contributed by atoms with Crippen molar-refractivity contribution in [3.8, 4) is 100 Å². The van der Waals surface area contributed by atoms with E-state index in [4.69, 9.17) is 0 Å². The van der Waals surface area contributed by atoms with Gasteiger partial charge in [0.25, 0.3) is 0 Å². The maximum Gasteiger partial charge on any atom is 0.159 e. The number of hydrogen-bond donors (Lipinski definition) is 0. The quantitative estimate of drug-likeness (QED) is 0.0797. The second-order valence-corrected chi connectivity index (χ2v) is 25.9. The van der Waals surface area contributed by atoms with Crippen LogP contribution in [-0.4, -0.2) is 8.07 Å². The van der Waals surface area contributed by atoms with Gasteiger partial charge in [-0.15, -0.1) is 0 Å². The van der Waals surface area contributed by atoms with Crippen LogP contribution in [0, 0.1) is 0 Å². The molecule has 0 saturated heterocycles. The maximum absolute atomic E-state index is 3.67. The van der Waals surface area contributed by atoms with Gasteiger partial charge >= 0.3 is 0 Å². The zero-order chi connectivity index (χ0) is 55.6. The van der Waals surface area contributed by atoms with Crippen molar-refractivity contribution in [1.29, 1.82) is 0 Å². The van der Waals surface area contributed by atoms with Crippen molar-refractivity contribution in [1.82, 2.24) is 0 Å². The molecule has 1 heteroatoms. The van der Waals surface area contributed by atoms with E-state index in [0.29, 0.717) is 0 Å². The molecular formula is C81H64Si. The highest BCUT2D eigenvalue weighted by atomic mass is 28.3. The van der Waals surface area contributed by atoms with Crippen molar-refractivity contribution in [2.45, 2.75) is 33.2 Å². The lowest BCUT2D eigenvalue weighted by molar-refractivity contribution is 1.09. The van der Waals surface area contributed by atoms with Crippen LogP contribution in [0.4, 0.5) is 0 Å². The minimum Gasteiger partial charge on any atom is -0.0647 e. The molecule has 0 bridgehead atoms. The van der Waals surface area contributed by atoms with Crippen molar-refractivity contribution in [3.05, 3.63) is 332 Å². The van der Waals surface area contributed by atoms with Crippen LogP contribution >= 0.6 is 0 Å². The van der Waals surface area contributed by atoms with Gasteiger partial charge in [-0.1, -0.05) is 321 Å². The molecule has 0 amide bonds. The third-order valence-electron chi connectivity index (χ3n) is 17.5. The standard InChI is InChI=1S/C81H64Si/c1-56-57(2)59(4)81(58(56)3)82(69-50-72(60-32-14-5-15-33-60)78(66-44-26-11-27-45-66)73(51-69)61-34-16-6-17-35-61,70-52-74(62-36-18-7-19-37-62)79(67-46-28-12-29-47-67)75(53-70)63-38-20-8-21-39-63)71-54-76(64-40-22-9-23-41-64)80(68-48-30-13-31-49-68)77(55-71)65-42-24-10-25-43-65/h5-55,81H,1-4H3. The molecule has 0 heterocycles. The minimum absolute atomic E-state index is 0.00645. The third-order valence-corrected chi connectivity index (χ3v) is 22.9. The molecule has 0 N–H and O–H groups in total. The summed E-state index contributed by atoms with van der Waals surface area (Å²) in [5.74, 6) is 0. The zero-order valence-corrected chi connectivity index (χ0v) is 48.0. The normalized spacial score (nSPS) is 12.7. The van der Waals surface area contributed by atoms with E-state index in [2.05, 4.69) is 337 Å². The summed E-state index contributed by atoms with van der Waals surface area (Å²) < 4.78 is 0. The molecule has 0 unspecified atom stereocenters. The van der Waals surface area contributed by atoms with E-state index in [1.54, 1.807) is 0 Å². The second kappa shape index (κ2) is 22.5. The monoisotopic (exact) mass is 1060 g/mol. The predicted molar refractivity (Wildman–Crippen MR) is 353 cm³/mol. The molecule has 1 aliphatic carbocycles. The van der Waals surface area contributed by atoms with E-state index in [0.717, 1.165) is 0 Å². The molecule has 1 aliphatic rings. The highest BCUT2D eigenvalue weighted by Crippen LogP contribution is 2.51. The van der Waals surface area contributed by atoms with Gasteiger partial charge in [-0.25, -0.2) is 0 Å². The van der Waals surface area contributed by atoms with Crippen LogP contribution in [-0.2, 0) is 0 Å². The lowest BCUT2D eigenvalue weighted by Gasteiger charge is -2.43. The van der Waals surface area contributed by atoms with Gasteiger partial charge in [0.15, 0.2) is 8.07 Å². The highest BCUT2D eigenvalue weighted by Gasteiger charge is 2.52. The van der Waals surface area contributed by atoms with E-state index in [9.17, 15) is 0 Å². The SMILES string of the molecule is CC1=C(C)C([Si](c2cc(-c3ccccc3)c(-c3ccccc3)c(-c3ccccc3)c2)(c2cc(-c3ccccc3)c(-c3ccccc3)c(-c3ccccc3)c2)c2cc(-c3ccccc3)c(-c3ccccc3)c(-c3ccccc3)c2)C(C)=C1C. The molecule has 13 rings (SSSR count). The van der Waals surface area contributed by atoms with E-state index in [1.165, 1.54) is 138 Å². The molecule has 0 spiro atoms. The van der Waals surface area contributed by atoms with Crippen LogP contribution < -0.4 is 15.6 Å². The smallest absolute Gasteiger partial charge is 0.0647 e. The van der Waals surface area contributed by atoms with Gasteiger partial charge in [-0.2, -0.15) is 0 Å². The Morgan fingerprint density at radius 3 is 0.537 bits per heavy atom. The maximum atomic E-state index is 2.66. The minimum atomic E-state index is -3.67. The van der Waals surface area contributed by atoms with Gasteiger partial charge in [0, 0.05) is 5.54 Å². The Hall–Kier alpha value is -9.66. The molecule has 392 valence electrons. The summed E-state index contributed by atoms with van der Waals surface area (Å²) >= 11 is 0. The summed E-state index contributed by atoms with van der Waals surface area (Å²) in [6, 6.07) is 116.